The van der Waals surface area contributed by atoms with Gasteiger partial charge in [0.05, 0.1) is 23.3 Å². The standard InChI is InChI=1S/C11H21NO5S/c1-11(2,7-13)12(3)18(16,17)9-6-4-5-8(9)10(14)15/h8-9,13H,4-7H2,1-3H3,(H,14,15). The molecule has 1 fully saturated rings. The number of aliphatic hydroxyl groups is 1. The molecule has 2 unspecified atom stereocenters. The third-order valence-corrected chi connectivity index (χ3v) is 6.36. The lowest BCUT2D eigenvalue weighted by atomic mass is 10.1. The third-order valence-electron chi connectivity index (χ3n) is 3.77. The van der Waals surface area contributed by atoms with Gasteiger partial charge in [-0.1, -0.05) is 6.42 Å². The summed E-state index contributed by atoms with van der Waals surface area (Å²) in [5.74, 6) is -1.90. The molecule has 0 heterocycles. The Balaban J connectivity index is 3.03. The minimum Gasteiger partial charge on any atom is -0.481 e. The second kappa shape index (κ2) is 5.14. The van der Waals surface area contributed by atoms with Crippen LogP contribution in [-0.2, 0) is 14.8 Å². The van der Waals surface area contributed by atoms with Crippen molar-refractivity contribution in [2.45, 2.75) is 43.9 Å². The molecule has 0 radical (unpaired) electrons. The van der Waals surface area contributed by atoms with Crippen LogP contribution in [0.3, 0.4) is 0 Å². The van der Waals surface area contributed by atoms with Crippen LogP contribution in [-0.4, -0.2) is 53.3 Å². The average molecular weight is 279 g/mol. The van der Waals surface area contributed by atoms with E-state index in [0.29, 0.717) is 19.3 Å². The van der Waals surface area contributed by atoms with Crippen LogP contribution >= 0.6 is 0 Å². The summed E-state index contributed by atoms with van der Waals surface area (Å²) in [6.07, 6.45) is 1.37. The summed E-state index contributed by atoms with van der Waals surface area (Å²) < 4.78 is 25.9. The van der Waals surface area contributed by atoms with Gasteiger partial charge in [-0.05, 0) is 26.7 Å². The Morgan fingerprint density at radius 2 is 1.94 bits per heavy atom. The number of likely N-dealkylation sites (N-methyl/N-ethyl adjacent to an activating group) is 1. The number of carbonyl (C=O) groups is 1. The van der Waals surface area contributed by atoms with Crippen LogP contribution in [0.25, 0.3) is 0 Å². The average Bonchev–Trinajstić information content (AvgIpc) is 2.77. The topological polar surface area (TPSA) is 94.9 Å². The van der Waals surface area contributed by atoms with E-state index in [0.717, 1.165) is 4.31 Å². The van der Waals surface area contributed by atoms with Gasteiger partial charge >= 0.3 is 5.97 Å². The fourth-order valence-corrected chi connectivity index (χ4v) is 4.50. The maximum Gasteiger partial charge on any atom is 0.307 e. The molecule has 1 aliphatic carbocycles. The van der Waals surface area contributed by atoms with Crippen molar-refractivity contribution in [1.29, 1.82) is 0 Å². The van der Waals surface area contributed by atoms with Gasteiger partial charge in [0, 0.05) is 7.05 Å². The molecule has 6 nitrogen and oxygen atoms in total. The first-order chi connectivity index (χ1) is 8.14. The lowest BCUT2D eigenvalue weighted by molar-refractivity contribution is -0.141. The van der Waals surface area contributed by atoms with Crippen molar-refractivity contribution in [1.82, 2.24) is 4.31 Å². The fourth-order valence-electron chi connectivity index (χ4n) is 2.21. The monoisotopic (exact) mass is 279 g/mol. The lowest BCUT2D eigenvalue weighted by Gasteiger charge is -2.35. The fraction of sp³-hybridized carbons (Fsp3) is 0.909. The second-order valence-electron chi connectivity index (χ2n) is 5.40. The van der Waals surface area contributed by atoms with Crippen LogP contribution in [0.1, 0.15) is 33.1 Å². The summed E-state index contributed by atoms with van der Waals surface area (Å²) in [6.45, 7) is 2.90. The normalized spacial score (nSPS) is 25.6. The van der Waals surface area contributed by atoms with Crippen molar-refractivity contribution in [3.8, 4) is 0 Å². The zero-order valence-corrected chi connectivity index (χ0v) is 11.8. The zero-order valence-electron chi connectivity index (χ0n) is 11.0. The minimum atomic E-state index is -3.71. The SMILES string of the molecule is CN(C(C)(C)CO)S(=O)(=O)C1CCCC1C(=O)O. The van der Waals surface area contributed by atoms with Gasteiger partial charge in [-0.15, -0.1) is 0 Å². The first kappa shape index (κ1) is 15.4. The Morgan fingerprint density at radius 3 is 2.39 bits per heavy atom. The summed E-state index contributed by atoms with van der Waals surface area (Å²) in [5, 5.41) is 17.4. The molecule has 1 aliphatic rings. The summed E-state index contributed by atoms with van der Waals surface area (Å²) in [4.78, 5) is 11.1. The largest absolute Gasteiger partial charge is 0.481 e. The van der Waals surface area contributed by atoms with Crippen molar-refractivity contribution in [3.63, 3.8) is 0 Å². The van der Waals surface area contributed by atoms with Gasteiger partial charge in [0.25, 0.3) is 0 Å². The highest BCUT2D eigenvalue weighted by atomic mass is 32.2. The molecule has 1 rings (SSSR count). The molecule has 7 heteroatoms. The smallest absolute Gasteiger partial charge is 0.307 e. The van der Waals surface area contributed by atoms with Crippen molar-refractivity contribution in [2.24, 2.45) is 5.92 Å². The maximum atomic E-state index is 12.4. The summed E-state index contributed by atoms with van der Waals surface area (Å²) in [7, 11) is -2.32. The number of rotatable bonds is 5. The Bertz CT molecular complexity index is 417. The number of hydrogen-bond donors (Lipinski definition) is 2. The summed E-state index contributed by atoms with van der Waals surface area (Å²) in [5.41, 5.74) is -0.926. The third kappa shape index (κ3) is 2.67. The Hall–Kier alpha value is -0.660. The van der Waals surface area contributed by atoms with Crippen molar-refractivity contribution in [3.05, 3.63) is 0 Å². The van der Waals surface area contributed by atoms with E-state index in [1.807, 2.05) is 0 Å². The van der Waals surface area contributed by atoms with Crippen LogP contribution in [0.2, 0.25) is 0 Å². The quantitative estimate of drug-likeness (QED) is 0.753. The Labute approximate surface area is 108 Å². The van der Waals surface area contributed by atoms with Crippen LogP contribution < -0.4 is 0 Å². The zero-order chi connectivity index (χ0) is 14.1. The van der Waals surface area contributed by atoms with Gasteiger partial charge < -0.3 is 10.2 Å². The lowest BCUT2D eigenvalue weighted by Crippen LogP contribution is -2.52. The number of aliphatic carboxylic acids is 1. The van der Waals surface area contributed by atoms with E-state index in [2.05, 4.69) is 0 Å². The van der Waals surface area contributed by atoms with E-state index in [4.69, 9.17) is 5.11 Å². The van der Waals surface area contributed by atoms with Gasteiger partial charge in [0.15, 0.2) is 0 Å². The summed E-state index contributed by atoms with van der Waals surface area (Å²) >= 11 is 0. The van der Waals surface area contributed by atoms with Crippen molar-refractivity contribution >= 4 is 16.0 Å². The van der Waals surface area contributed by atoms with Crippen LogP contribution in [0, 0.1) is 5.92 Å². The molecule has 0 amide bonds. The van der Waals surface area contributed by atoms with Gasteiger partial charge in [0.2, 0.25) is 10.0 Å². The number of sulfonamides is 1. The molecule has 2 atom stereocenters. The number of carboxylic acid groups (broad SMARTS) is 1. The molecular weight excluding hydrogens is 258 g/mol. The van der Waals surface area contributed by atoms with E-state index in [1.54, 1.807) is 13.8 Å². The molecule has 2 N–H and O–H groups in total. The highest BCUT2D eigenvalue weighted by Gasteiger charge is 2.46. The highest BCUT2D eigenvalue weighted by molar-refractivity contribution is 7.89. The van der Waals surface area contributed by atoms with E-state index >= 15 is 0 Å². The molecule has 106 valence electrons. The van der Waals surface area contributed by atoms with E-state index in [1.165, 1.54) is 7.05 Å². The van der Waals surface area contributed by atoms with Gasteiger partial charge in [-0.3, -0.25) is 4.79 Å². The molecule has 0 aromatic carbocycles. The molecule has 0 spiro atoms. The molecule has 0 bridgehead atoms. The van der Waals surface area contributed by atoms with Crippen molar-refractivity contribution in [2.75, 3.05) is 13.7 Å². The highest BCUT2D eigenvalue weighted by Crippen LogP contribution is 2.34. The number of carboxylic acids is 1. The Morgan fingerprint density at radius 1 is 1.39 bits per heavy atom. The second-order valence-corrected chi connectivity index (χ2v) is 7.58. The number of hydrogen-bond acceptors (Lipinski definition) is 4. The van der Waals surface area contributed by atoms with E-state index < -0.39 is 32.7 Å². The molecule has 0 saturated heterocycles. The predicted octanol–water partition coefficient (Wildman–Crippen LogP) is 0.272. The molecule has 0 aromatic rings. The number of aliphatic hydroxyl groups excluding tert-OH is 1. The van der Waals surface area contributed by atoms with Gasteiger partial charge in [-0.25, -0.2) is 8.42 Å². The van der Waals surface area contributed by atoms with E-state index in [-0.39, 0.29) is 6.61 Å². The van der Waals surface area contributed by atoms with E-state index in [9.17, 15) is 18.3 Å². The van der Waals surface area contributed by atoms with Crippen LogP contribution in [0.15, 0.2) is 0 Å². The van der Waals surface area contributed by atoms with Crippen LogP contribution in [0.4, 0.5) is 0 Å². The van der Waals surface area contributed by atoms with Crippen LogP contribution in [0.5, 0.6) is 0 Å². The predicted molar refractivity (Wildman–Crippen MR) is 66.6 cm³/mol. The molecule has 1 saturated carbocycles. The molecular formula is C11H21NO5S. The van der Waals surface area contributed by atoms with Gasteiger partial charge in [-0.2, -0.15) is 4.31 Å². The first-order valence-electron chi connectivity index (χ1n) is 5.96. The molecule has 0 aromatic heterocycles. The molecule has 18 heavy (non-hydrogen) atoms. The van der Waals surface area contributed by atoms with Gasteiger partial charge in [0.1, 0.15) is 0 Å². The minimum absolute atomic E-state index is 0.312. The van der Waals surface area contributed by atoms with Crippen molar-refractivity contribution < 1.29 is 23.4 Å². The number of nitrogens with zero attached hydrogens (tertiary/aromatic N) is 1. The Kier molecular flexibility index (Phi) is 4.40. The molecule has 0 aliphatic heterocycles. The summed E-state index contributed by atoms with van der Waals surface area (Å²) in [6, 6.07) is 0. The first-order valence-corrected chi connectivity index (χ1v) is 7.46. The maximum absolute atomic E-state index is 12.4.